The van der Waals surface area contributed by atoms with Gasteiger partial charge in [-0.3, -0.25) is 4.79 Å². The zero-order valence-electron chi connectivity index (χ0n) is 10.6. The number of sulfone groups is 1. The van der Waals surface area contributed by atoms with Crippen LogP contribution >= 0.6 is 0 Å². The molecule has 0 bridgehead atoms. The molecule has 1 amide bonds. The van der Waals surface area contributed by atoms with Gasteiger partial charge in [-0.2, -0.15) is 0 Å². The third kappa shape index (κ3) is 5.59. The van der Waals surface area contributed by atoms with Crippen LogP contribution in [0.5, 0.6) is 0 Å². The van der Waals surface area contributed by atoms with Crippen LogP contribution in [0.1, 0.15) is 19.8 Å². The number of nitrogens with one attached hydrogen (secondary N) is 1. The summed E-state index contributed by atoms with van der Waals surface area (Å²) in [5.74, 6) is -0.333. The molecular formula is C11H19FN2O3S. The second kappa shape index (κ2) is 6.29. The average Bonchev–Trinajstić information content (AvgIpc) is 2.26. The van der Waals surface area contributed by atoms with Crippen molar-refractivity contribution in [2.24, 2.45) is 5.92 Å². The molecule has 1 fully saturated rings. The van der Waals surface area contributed by atoms with E-state index < -0.39 is 9.84 Å². The molecule has 0 unspecified atom stereocenters. The highest BCUT2D eigenvalue weighted by Gasteiger charge is 2.25. The number of carbonyl (C=O) groups excluding carboxylic acids is 1. The fourth-order valence-electron chi connectivity index (χ4n) is 1.76. The molecule has 7 heteroatoms. The standard InChI is InChI=1S/C11H19FN2O3S/c1-9(5-8-18(2,16)17)13-11(15)10-3-6-14(12)7-4-10/h5,8-10H,3-4,6-7H2,1-2H3,(H,13,15)/b8-5-/t9-/m1/s1. The van der Waals surface area contributed by atoms with Gasteiger partial charge in [0.15, 0.2) is 9.84 Å². The van der Waals surface area contributed by atoms with E-state index in [1.807, 2.05) is 0 Å². The number of nitrogens with zero attached hydrogens (tertiary/aromatic N) is 1. The summed E-state index contributed by atoms with van der Waals surface area (Å²) >= 11 is 0. The molecule has 0 aromatic carbocycles. The van der Waals surface area contributed by atoms with Crippen LogP contribution in [0.3, 0.4) is 0 Å². The largest absolute Gasteiger partial charge is 0.350 e. The normalized spacial score (nSPS) is 21.1. The molecule has 104 valence electrons. The van der Waals surface area contributed by atoms with Gasteiger partial charge in [0.25, 0.3) is 0 Å². The van der Waals surface area contributed by atoms with Crippen LogP contribution in [0, 0.1) is 5.92 Å². The maximum Gasteiger partial charge on any atom is 0.223 e. The van der Waals surface area contributed by atoms with Gasteiger partial charge in [0.1, 0.15) is 0 Å². The topological polar surface area (TPSA) is 66.5 Å². The van der Waals surface area contributed by atoms with Crippen molar-refractivity contribution in [1.29, 1.82) is 0 Å². The molecule has 1 rings (SSSR count). The predicted molar refractivity (Wildman–Crippen MR) is 67.0 cm³/mol. The van der Waals surface area contributed by atoms with Crippen molar-refractivity contribution in [1.82, 2.24) is 10.4 Å². The van der Waals surface area contributed by atoms with Crippen molar-refractivity contribution in [3.63, 3.8) is 0 Å². The summed E-state index contributed by atoms with van der Waals surface area (Å²) in [5, 5.41) is 4.48. The summed E-state index contributed by atoms with van der Waals surface area (Å²) in [6.07, 6.45) is 3.50. The Bertz CT molecular complexity index is 414. The van der Waals surface area contributed by atoms with Crippen LogP contribution in [0.25, 0.3) is 0 Å². The number of hydrogen-bond donors (Lipinski definition) is 1. The van der Waals surface area contributed by atoms with Crippen molar-refractivity contribution in [3.8, 4) is 0 Å². The minimum absolute atomic E-state index is 0.145. The second-order valence-electron chi connectivity index (χ2n) is 4.64. The SMILES string of the molecule is C[C@H](/C=C\S(C)(=O)=O)NC(=O)C1CCN(F)CC1. The Morgan fingerprint density at radius 1 is 1.44 bits per heavy atom. The summed E-state index contributed by atoms with van der Waals surface area (Å²) in [7, 11) is -3.18. The quantitative estimate of drug-likeness (QED) is 0.767. The van der Waals surface area contributed by atoms with Crippen LogP contribution in [0.2, 0.25) is 0 Å². The lowest BCUT2D eigenvalue weighted by atomic mass is 9.97. The first-order valence-electron chi connectivity index (χ1n) is 5.87. The Labute approximate surface area is 107 Å². The Hall–Kier alpha value is -0.950. The molecule has 0 aromatic heterocycles. The summed E-state index contributed by atoms with van der Waals surface area (Å²) < 4.78 is 34.6. The molecule has 1 aliphatic heterocycles. The van der Waals surface area contributed by atoms with Crippen molar-refractivity contribution < 1.29 is 17.7 Å². The number of amides is 1. The highest BCUT2D eigenvalue weighted by molar-refractivity contribution is 7.93. The summed E-state index contributed by atoms with van der Waals surface area (Å²) in [5.41, 5.74) is 0. The van der Waals surface area contributed by atoms with Crippen molar-refractivity contribution >= 4 is 15.7 Å². The van der Waals surface area contributed by atoms with Gasteiger partial charge in [0.2, 0.25) is 5.91 Å². The third-order valence-corrected chi connectivity index (χ3v) is 3.45. The molecule has 1 aliphatic rings. The first-order chi connectivity index (χ1) is 8.28. The molecule has 1 heterocycles. The number of halogens is 1. The van der Waals surface area contributed by atoms with Gasteiger partial charge in [-0.1, -0.05) is 6.08 Å². The van der Waals surface area contributed by atoms with E-state index in [2.05, 4.69) is 5.32 Å². The van der Waals surface area contributed by atoms with E-state index in [9.17, 15) is 17.7 Å². The Morgan fingerprint density at radius 2 is 2.00 bits per heavy atom. The van der Waals surface area contributed by atoms with Crippen molar-refractivity contribution in [3.05, 3.63) is 11.5 Å². The number of hydrogen-bond acceptors (Lipinski definition) is 4. The molecule has 0 radical (unpaired) electrons. The third-order valence-electron chi connectivity index (χ3n) is 2.80. The summed E-state index contributed by atoms with van der Waals surface area (Å²) in [6.45, 7) is 2.24. The van der Waals surface area contributed by atoms with E-state index in [4.69, 9.17) is 0 Å². The van der Waals surface area contributed by atoms with Crippen LogP contribution in [-0.2, 0) is 14.6 Å². The molecule has 1 saturated heterocycles. The smallest absolute Gasteiger partial charge is 0.223 e. The van der Waals surface area contributed by atoms with E-state index >= 15 is 0 Å². The van der Waals surface area contributed by atoms with Gasteiger partial charge in [-0.15, -0.1) is 9.60 Å². The second-order valence-corrected chi connectivity index (χ2v) is 6.57. The van der Waals surface area contributed by atoms with Crippen molar-refractivity contribution in [2.75, 3.05) is 19.3 Å². The lowest BCUT2D eigenvalue weighted by molar-refractivity contribution is -0.128. The van der Waals surface area contributed by atoms with Gasteiger partial charge in [0, 0.05) is 36.7 Å². The number of rotatable bonds is 4. The van der Waals surface area contributed by atoms with E-state index in [0.717, 1.165) is 11.7 Å². The highest BCUT2D eigenvalue weighted by Crippen LogP contribution is 2.17. The molecule has 0 aromatic rings. The first-order valence-corrected chi connectivity index (χ1v) is 7.83. The minimum atomic E-state index is -3.18. The van der Waals surface area contributed by atoms with E-state index in [0.29, 0.717) is 18.0 Å². The fourth-order valence-corrected chi connectivity index (χ4v) is 2.28. The van der Waals surface area contributed by atoms with Crippen LogP contribution in [0.4, 0.5) is 4.48 Å². The molecular weight excluding hydrogens is 259 g/mol. The monoisotopic (exact) mass is 278 g/mol. The maximum atomic E-state index is 12.8. The molecule has 18 heavy (non-hydrogen) atoms. The maximum absolute atomic E-state index is 12.8. The van der Waals surface area contributed by atoms with E-state index in [-0.39, 0.29) is 31.0 Å². The Morgan fingerprint density at radius 3 is 2.50 bits per heavy atom. The van der Waals surface area contributed by atoms with Gasteiger partial charge >= 0.3 is 0 Å². The summed E-state index contributed by atoms with van der Waals surface area (Å²) in [6, 6.07) is -0.351. The lowest BCUT2D eigenvalue weighted by Gasteiger charge is -2.25. The molecule has 1 atom stereocenters. The molecule has 0 saturated carbocycles. The van der Waals surface area contributed by atoms with E-state index in [1.54, 1.807) is 6.92 Å². The zero-order chi connectivity index (χ0) is 13.8. The lowest BCUT2D eigenvalue weighted by Crippen LogP contribution is -2.40. The van der Waals surface area contributed by atoms with Crippen LogP contribution in [0.15, 0.2) is 11.5 Å². The van der Waals surface area contributed by atoms with Crippen molar-refractivity contribution in [2.45, 2.75) is 25.8 Å². The Kier molecular flexibility index (Phi) is 5.28. The van der Waals surface area contributed by atoms with Gasteiger partial charge in [-0.05, 0) is 19.8 Å². The first kappa shape index (κ1) is 15.1. The zero-order valence-corrected chi connectivity index (χ0v) is 11.4. The van der Waals surface area contributed by atoms with Gasteiger partial charge < -0.3 is 5.32 Å². The average molecular weight is 278 g/mol. The van der Waals surface area contributed by atoms with Crippen LogP contribution in [-0.4, -0.2) is 44.8 Å². The predicted octanol–water partition coefficient (Wildman–Crippen LogP) is 0.646. The summed E-state index contributed by atoms with van der Waals surface area (Å²) in [4.78, 5) is 11.8. The highest BCUT2D eigenvalue weighted by atomic mass is 32.2. The number of piperidine rings is 1. The Balaban J connectivity index is 2.42. The molecule has 5 nitrogen and oxygen atoms in total. The molecule has 0 aliphatic carbocycles. The van der Waals surface area contributed by atoms with Gasteiger partial charge in [0.05, 0.1) is 0 Å². The van der Waals surface area contributed by atoms with Gasteiger partial charge in [-0.25, -0.2) is 8.42 Å². The van der Waals surface area contributed by atoms with Crippen LogP contribution < -0.4 is 5.32 Å². The fraction of sp³-hybridized carbons (Fsp3) is 0.727. The minimum Gasteiger partial charge on any atom is -0.350 e. The molecule has 0 spiro atoms. The molecule has 1 N–H and O–H groups in total. The van der Waals surface area contributed by atoms with E-state index in [1.165, 1.54) is 6.08 Å². The number of carbonyl (C=O) groups is 1.